The summed E-state index contributed by atoms with van der Waals surface area (Å²) >= 11 is 0. The van der Waals surface area contributed by atoms with Gasteiger partial charge in [-0.25, -0.2) is 0 Å². The first-order chi connectivity index (χ1) is 11.9. The lowest BCUT2D eigenvalue weighted by Crippen LogP contribution is -2.28. The first kappa shape index (κ1) is 18.5. The van der Waals surface area contributed by atoms with Crippen LogP contribution >= 0.6 is 0 Å². The molecular formula is C18H24N4O3. The molecular weight excluding hydrogens is 320 g/mol. The fourth-order valence-corrected chi connectivity index (χ4v) is 2.62. The van der Waals surface area contributed by atoms with Gasteiger partial charge in [0, 0.05) is 37.1 Å². The number of hydrogen-bond donors (Lipinski definition) is 2. The number of anilines is 1. The smallest absolute Gasteiger partial charge is 0.322 e. The van der Waals surface area contributed by atoms with E-state index in [9.17, 15) is 9.59 Å². The van der Waals surface area contributed by atoms with E-state index in [0.29, 0.717) is 17.8 Å². The first-order valence-corrected chi connectivity index (χ1v) is 8.19. The van der Waals surface area contributed by atoms with Crippen LogP contribution in [-0.2, 0) is 11.3 Å². The summed E-state index contributed by atoms with van der Waals surface area (Å²) in [6.45, 7) is 5.17. The van der Waals surface area contributed by atoms with Crippen molar-refractivity contribution in [3.05, 3.63) is 47.3 Å². The lowest BCUT2D eigenvalue weighted by atomic mass is 10.1. The van der Waals surface area contributed by atoms with Gasteiger partial charge < -0.3 is 15.3 Å². The number of aryl methyl sites for hydroxylation is 3. The largest absolute Gasteiger partial charge is 0.480 e. The van der Waals surface area contributed by atoms with E-state index in [1.165, 1.54) is 0 Å². The van der Waals surface area contributed by atoms with Gasteiger partial charge in [0.25, 0.3) is 5.91 Å². The van der Waals surface area contributed by atoms with Gasteiger partial charge in [0.2, 0.25) is 0 Å². The molecule has 0 aliphatic carbocycles. The van der Waals surface area contributed by atoms with Gasteiger partial charge in [-0.05, 0) is 44.5 Å². The molecule has 7 nitrogen and oxygen atoms in total. The Hall–Kier alpha value is -2.83. The summed E-state index contributed by atoms with van der Waals surface area (Å²) in [5.74, 6) is -1.04. The fraction of sp³-hybridized carbons (Fsp3) is 0.389. The quantitative estimate of drug-likeness (QED) is 0.766. The van der Waals surface area contributed by atoms with Gasteiger partial charge >= 0.3 is 5.97 Å². The molecule has 1 heterocycles. The van der Waals surface area contributed by atoms with Gasteiger partial charge in [-0.1, -0.05) is 6.07 Å². The van der Waals surface area contributed by atoms with Crippen LogP contribution in [0.3, 0.4) is 0 Å². The van der Waals surface area contributed by atoms with Crippen LogP contribution in [0.1, 0.15) is 28.2 Å². The van der Waals surface area contributed by atoms with Crippen molar-refractivity contribution >= 4 is 17.6 Å². The highest BCUT2D eigenvalue weighted by Gasteiger charge is 2.12. The third-order valence-corrected chi connectivity index (χ3v) is 3.87. The molecule has 1 aromatic carbocycles. The molecule has 0 fully saturated rings. The predicted octanol–water partition coefficient (Wildman–Crippen LogP) is 2.16. The summed E-state index contributed by atoms with van der Waals surface area (Å²) in [6, 6.07) is 8.91. The van der Waals surface area contributed by atoms with Gasteiger partial charge in [0.15, 0.2) is 0 Å². The van der Waals surface area contributed by atoms with Crippen LogP contribution in [0.25, 0.3) is 0 Å². The van der Waals surface area contributed by atoms with E-state index < -0.39 is 5.97 Å². The topological polar surface area (TPSA) is 87.5 Å². The van der Waals surface area contributed by atoms with E-state index in [0.717, 1.165) is 24.4 Å². The Bertz CT molecular complexity index is 755. The summed E-state index contributed by atoms with van der Waals surface area (Å²) in [4.78, 5) is 24.8. The van der Waals surface area contributed by atoms with Crippen LogP contribution in [0.2, 0.25) is 0 Å². The minimum absolute atomic E-state index is 0.0904. The van der Waals surface area contributed by atoms with E-state index in [1.807, 2.05) is 24.6 Å². The summed E-state index contributed by atoms with van der Waals surface area (Å²) < 4.78 is 1.95. The molecule has 134 valence electrons. The maximum absolute atomic E-state index is 12.5. The molecule has 2 aromatic rings. The number of hydrogen-bond acceptors (Lipinski definition) is 4. The molecule has 0 atom stereocenters. The van der Waals surface area contributed by atoms with Crippen LogP contribution in [0.4, 0.5) is 5.69 Å². The van der Waals surface area contributed by atoms with Crippen LogP contribution < -0.4 is 5.32 Å². The van der Waals surface area contributed by atoms with Crippen molar-refractivity contribution in [3.8, 4) is 0 Å². The highest BCUT2D eigenvalue weighted by molar-refractivity contribution is 5.95. The number of benzene rings is 1. The SMILES string of the molecule is Cc1cc(C)n(CCCN(C)C(=O)c2cccc(NCC(=O)O)c2)n1. The van der Waals surface area contributed by atoms with E-state index in [1.54, 1.807) is 36.2 Å². The van der Waals surface area contributed by atoms with Crippen molar-refractivity contribution in [1.29, 1.82) is 0 Å². The van der Waals surface area contributed by atoms with E-state index in [4.69, 9.17) is 5.11 Å². The molecule has 0 aliphatic heterocycles. The second-order valence-electron chi connectivity index (χ2n) is 6.06. The molecule has 0 aliphatic rings. The van der Waals surface area contributed by atoms with E-state index >= 15 is 0 Å². The van der Waals surface area contributed by atoms with Gasteiger partial charge in [-0.3, -0.25) is 14.3 Å². The molecule has 1 aromatic heterocycles. The molecule has 0 saturated carbocycles. The third kappa shape index (κ3) is 5.34. The number of nitrogens with zero attached hydrogens (tertiary/aromatic N) is 3. The monoisotopic (exact) mass is 344 g/mol. The number of carbonyl (C=O) groups excluding carboxylic acids is 1. The Labute approximate surface area is 147 Å². The Kier molecular flexibility index (Phi) is 6.16. The van der Waals surface area contributed by atoms with E-state index in [-0.39, 0.29) is 12.5 Å². The number of carbonyl (C=O) groups is 2. The Morgan fingerprint density at radius 3 is 2.68 bits per heavy atom. The Balaban J connectivity index is 1.89. The molecule has 0 bridgehead atoms. The van der Waals surface area contributed by atoms with Gasteiger partial charge in [-0.15, -0.1) is 0 Å². The molecule has 7 heteroatoms. The number of carboxylic acid groups (broad SMARTS) is 1. The van der Waals surface area contributed by atoms with Crippen molar-refractivity contribution in [1.82, 2.24) is 14.7 Å². The molecule has 2 N–H and O–H groups in total. The Morgan fingerprint density at radius 2 is 2.04 bits per heavy atom. The zero-order valence-corrected chi connectivity index (χ0v) is 14.8. The van der Waals surface area contributed by atoms with Crippen molar-refractivity contribution < 1.29 is 14.7 Å². The standard InChI is InChI=1S/C18H24N4O3/c1-13-10-14(2)22(20-13)9-5-8-21(3)18(25)15-6-4-7-16(11-15)19-12-17(23)24/h4,6-7,10-11,19H,5,8-9,12H2,1-3H3,(H,23,24). The molecule has 0 saturated heterocycles. The highest BCUT2D eigenvalue weighted by Crippen LogP contribution is 2.12. The number of aliphatic carboxylic acids is 1. The van der Waals surface area contributed by atoms with Gasteiger partial charge in [-0.2, -0.15) is 5.10 Å². The first-order valence-electron chi connectivity index (χ1n) is 8.19. The molecule has 2 rings (SSSR count). The summed E-state index contributed by atoms with van der Waals surface area (Å²) in [7, 11) is 1.76. The van der Waals surface area contributed by atoms with Gasteiger partial charge in [0.05, 0.1) is 5.69 Å². The molecule has 25 heavy (non-hydrogen) atoms. The van der Waals surface area contributed by atoms with Crippen molar-refractivity contribution in [3.63, 3.8) is 0 Å². The second-order valence-corrected chi connectivity index (χ2v) is 6.06. The van der Waals surface area contributed by atoms with Crippen molar-refractivity contribution in [2.24, 2.45) is 0 Å². The Morgan fingerprint density at radius 1 is 1.28 bits per heavy atom. The van der Waals surface area contributed by atoms with Crippen molar-refractivity contribution in [2.45, 2.75) is 26.8 Å². The predicted molar refractivity (Wildman–Crippen MR) is 95.8 cm³/mol. The average Bonchev–Trinajstić information content (AvgIpc) is 2.90. The maximum atomic E-state index is 12.5. The molecule has 0 spiro atoms. The fourth-order valence-electron chi connectivity index (χ4n) is 2.62. The maximum Gasteiger partial charge on any atom is 0.322 e. The van der Waals surface area contributed by atoms with Crippen LogP contribution in [0.5, 0.6) is 0 Å². The average molecular weight is 344 g/mol. The summed E-state index contributed by atoms with van der Waals surface area (Å²) in [5.41, 5.74) is 3.25. The number of carboxylic acids is 1. The number of aromatic nitrogens is 2. The number of nitrogens with one attached hydrogen (secondary N) is 1. The third-order valence-electron chi connectivity index (χ3n) is 3.87. The molecule has 0 radical (unpaired) electrons. The van der Waals surface area contributed by atoms with Crippen LogP contribution in [-0.4, -0.2) is 51.8 Å². The highest BCUT2D eigenvalue weighted by atomic mass is 16.4. The summed E-state index contributed by atoms with van der Waals surface area (Å²) in [6.07, 6.45) is 0.807. The normalized spacial score (nSPS) is 10.5. The van der Waals surface area contributed by atoms with E-state index in [2.05, 4.69) is 10.4 Å². The zero-order valence-electron chi connectivity index (χ0n) is 14.8. The number of rotatable bonds is 8. The lowest BCUT2D eigenvalue weighted by Gasteiger charge is -2.18. The number of amides is 1. The van der Waals surface area contributed by atoms with Crippen LogP contribution in [0, 0.1) is 13.8 Å². The zero-order chi connectivity index (χ0) is 18.4. The molecule has 1 amide bonds. The minimum Gasteiger partial charge on any atom is -0.480 e. The molecule has 0 unspecified atom stereocenters. The van der Waals surface area contributed by atoms with Crippen molar-refractivity contribution in [2.75, 3.05) is 25.5 Å². The second kappa shape index (κ2) is 8.32. The van der Waals surface area contributed by atoms with Crippen LogP contribution in [0.15, 0.2) is 30.3 Å². The minimum atomic E-state index is -0.946. The van der Waals surface area contributed by atoms with Gasteiger partial charge in [0.1, 0.15) is 6.54 Å². The lowest BCUT2D eigenvalue weighted by molar-refractivity contribution is -0.134. The summed E-state index contributed by atoms with van der Waals surface area (Å²) in [5, 5.41) is 15.9.